The van der Waals surface area contributed by atoms with Crippen LogP contribution in [0.2, 0.25) is 0 Å². The molecule has 0 radical (unpaired) electrons. The molecule has 3 aliphatic heterocycles. The minimum Gasteiger partial charge on any atom is -0.396 e. The van der Waals surface area contributed by atoms with Crippen molar-refractivity contribution in [2.75, 3.05) is 43.5 Å². The van der Waals surface area contributed by atoms with Gasteiger partial charge in [0.2, 0.25) is 17.7 Å². The number of aliphatic hydroxyl groups is 1. The maximum Gasteiger partial charge on any atom is 0.250 e. The van der Waals surface area contributed by atoms with Crippen molar-refractivity contribution in [3.05, 3.63) is 24.3 Å². The highest BCUT2D eigenvalue weighted by molar-refractivity contribution is 6.03. The first-order valence-electron chi connectivity index (χ1n) is 12.8. The van der Waals surface area contributed by atoms with Crippen molar-refractivity contribution in [3.8, 4) is 0 Å². The summed E-state index contributed by atoms with van der Waals surface area (Å²) in [4.78, 5) is 44.2. The van der Waals surface area contributed by atoms with E-state index in [1.165, 1.54) is 4.90 Å². The molecule has 192 valence electrons. The predicted molar refractivity (Wildman–Crippen MR) is 133 cm³/mol. The van der Waals surface area contributed by atoms with Gasteiger partial charge in [0.05, 0.1) is 17.4 Å². The summed E-state index contributed by atoms with van der Waals surface area (Å²) < 4.78 is 6.63. The Hall–Kier alpha value is -2.65. The maximum atomic E-state index is 13.8. The molecule has 1 aromatic rings. The molecule has 2 bridgehead atoms. The third-order valence-corrected chi connectivity index (χ3v) is 8.28. The van der Waals surface area contributed by atoms with Crippen LogP contribution in [0.25, 0.3) is 0 Å². The number of nitrogens with one attached hydrogen (secondary N) is 2. The molecule has 9 heteroatoms. The Morgan fingerprint density at radius 2 is 1.83 bits per heavy atom. The molecule has 4 rings (SSSR count). The summed E-state index contributed by atoms with van der Waals surface area (Å²) in [5.41, 5.74) is -0.0810. The molecule has 35 heavy (non-hydrogen) atoms. The van der Waals surface area contributed by atoms with E-state index in [4.69, 9.17) is 4.74 Å². The SMILES string of the molecule is CCN(CC)c1ccc(NC(=O)C2N(CCCO)C(=O)[C@@H]3[C@H](C(=O)NC)[C@]4(CC)CCC23O4)cc1. The minimum atomic E-state index is -1.05. The number of anilines is 2. The van der Waals surface area contributed by atoms with Crippen LogP contribution >= 0.6 is 0 Å². The van der Waals surface area contributed by atoms with Crippen LogP contribution in [0.4, 0.5) is 11.4 Å². The molecule has 0 aliphatic carbocycles. The van der Waals surface area contributed by atoms with Gasteiger partial charge in [-0.3, -0.25) is 14.4 Å². The van der Waals surface area contributed by atoms with Gasteiger partial charge in [-0.2, -0.15) is 0 Å². The fraction of sp³-hybridized carbons (Fsp3) is 0.654. The van der Waals surface area contributed by atoms with Crippen molar-refractivity contribution in [1.82, 2.24) is 10.2 Å². The van der Waals surface area contributed by atoms with E-state index >= 15 is 0 Å². The highest BCUT2D eigenvalue weighted by Crippen LogP contribution is 2.64. The standard InChI is InChI=1S/C26H38N4O5/c1-5-25-13-14-26(35-25)20(19(25)22(32)27-4)24(34)30(15-8-16-31)21(26)23(33)28-17-9-11-18(12-10-17)29(6-2)7-3/h9-12,19-21,31H,5-8,13-16H2,1-4H3,(H,27,32)(H,28,33)/t19-,20+,21?,25+,26?/m1/s1. The van der Waals surface area contributed by atoms with Crippen LogP contribution < -0.4 is 15.5 Å². The Balaban J connectivity index is 1.66. The number of benzene rings is 1. The molecule has 1 spiro atoms. The van der Waals surface area contributed by atoms with Crippen LogP contribution in [-0.2, 0) is 19.1 Å². The topological polar surface area (TPSA) is 111 Å². The molecule has 1 aromatic carbocycles. The van der Waals surface area contributed by atoms with E-state index in [0.29, 0.717) is 31.4 Å². The zero-order valence-corrected chi connectivity index (χ0v) is 21.2. The number of ether oxygens (including phenoxy) is 1. The number of likely N-dealkylation sites (tertiary alicyclic amines) is 1. The lowest BCUT2D eigenvalue weighted by Crippen LogP contribution is -2.53. The summed E-state index contributed by atoms with van der Waals surface area (Å²) in [7, 11) is 1.57. The fourth-order valence-electron chi connectivity index (χ4n) is 6.61. The quantitative estimate of drug-likeness (QED) is 0.465. The lowest BCUT2D eigenvalue weighted by molar-refractivity contribution is -0.146. The van der Waals surface area contributed by atoms with E-state index in [9.17, 15) is 19.5 Å². The number of rotatable bonds is 10. The van der Waals surface area contributed by atoms with E-state index in [0.717, 1.165) is 18.8 Å². The number of amides is 3. The van der Waals surface area contributed by atoms with E-state index < -0.39 is 29.1 Å². The Labute approximate surface area is 207 Å². The first kappa shape index (κ1) is 25.4. The van der Waals surface area contributed by atoms with Gasteiger partial charge in [0.1, 0.15) is 11.6 Å². The Morgan fingerprint density at radius 1 is 1.14 bits per heavy atom. The number of carbonyl (C=O) groups excluding carboxylic acids is 3. The third-order valence-electron chi connectivity index (χ3n) is 8.28. The van der Waals surface area contributed by atoms with Crippen LogP contribution in [-0.4, -0.2) is 78.3 Å². The van der Waals surface area contributed by atoms with Crippen LogP contribution in [0.5, 0.6) is 0 Å². The van der Waals surface area contributed by atoms with Crippen molar-refractivity contribution in [2.45, 2.75) is 63.7 Å². The molecule has 3 aliphatic rings. The second-order valence-electron chi connectivity index (χ2n) is 9.76. The summed E-state index contributed by atoms with van der Waals surface area (Å²) in [5.74, 6) is -2.13. The third kappa shape index (κ3) is 3.89. The number of hydrogen-bond acceptors (Lipinski definition) is 6. The van der Waals surface area contributed by atoms with Gasteiger partial charge < -0.3 is 30.3 Å². The summed E-state index contributed by atoms with van der Waals surface area (Å²) in [6, 6.07) is 6.81. The molecular weight excluding hydrogens is 448 g/mol. The molecular formula is C26H38N4O5. The molecule has 0 aromatic heterocycles. The fourth-order valence-corrected chi connectivity index (χ4v) is 6.61. The van der Waals surface area contributed by atoms with Crippen LogP contribution in [0.1, 0.15) is 46.5 Å². The number of carbonyl (C=O) groups is 3. The van der Waals surface area contributed by atoms with Gasteiger partial charge in [0.25, 0.3) is 0 Å². The summed E-state index contributed by atoms with van der Waals surface area (Å²) in [5, 5.41) is 15.1. The van der Waals surface area contributed by atoms with Crippen LogP contribution in [0, 0.1) is 11.8 Å². The van der Waals surface area contributed by atoms with Gasteiger partial charge >= 0.3 is 0 Å². The van der Waals surface area contributed by atoms with Gasteiger partial charge in [0.15, 0.2) is 0 Å². The lowest BCUT2D eigenvalue weighted by atomic mass is 9.65. The predicted octanol–water partition coefficient (Wildman–Crippen LogP) is 1.75. The van der Waals surface area contributed by atoms with E-state index in [1.807, 2.05) is 31.2 Å². The molecule has 3 saturated heterocycles. The molecule has 9 nitrogen and oxygen atoms in total. The maximum absolute atomic E-state index is 13.8. The summed E-state index contributed by atoms with van der Waals surface area (Å²) in [6.45, 7) is 8.07. The minimum absolute atomic E-state index is 0.0960. The largest absolute Gasteiger partial charge is 0.396 e. The summed E-state index contributed by atoms with van der Waals surface area (Å²) >= 11 is 0. The smallest absolute Gasteiger partial charge is 0.250 e. The van der Waals surface area contributed by atoms with Gasteiger partial charge in [-0.25, -0.2) is 0 Å². The second-order valence-corrected chi connectivity index (χ2v) is 9.76. The van der Waals surface area contributed by atoms with E-state index in [2.05, 4.69) is 29.4 Å². The molecule has 0 saturated carbocycles. The molecule has 5 atom stereocenters. The van der Waals surface area contributed by atoms with Crippen molar-refractivity contribution in [3.63, 3.8) is 0 Å². The molecule has 3 amide bonds. The first-order chi connectivity index (χ1) is 16.8. The van der Waals surface area contributed by atoms with Crippen molar-refractivity contribution in [1.29, 1.82) is 0 Å². The molecule has 3 fully saturated rings. The number of hydrogen-bond donors (Lipinski definition) is 3. The summed E-state index contributed by atoms with van der Waals surface area (Å²) in [6.07, 6.45) is 2.11. The molecule has 2 unspecified atom stereocenters. The van der Waals surface area contributed by atoms with Crippen molar-refractivity contribution < 1.29 is 24.2 Å². The Kier molecular flexibility index (Phi) is 7.11. The molecule has 3 N–H and O–H groups in total. The Morgan fingerprint density at radius 3 is 2.40 bits per heavy atom. The van der Waals surface area contributed by atoms with Crippen molar-refractivity contribution >= 4 is 29.1 Å². The van der Waals surface area contributed by atoms with Crippen LogP contribution in [0.3, 0.4) is 0 Å². The number of fused-ring (bicyclic) bond motifs is 1. The van der Waals surface area contributed by atoms with Gasteiger partial charge in [-0.15, -0.1) is 0 Å². The average molecular weight is 487 g/mol. The number of aliphatic hydroxyl groups excluding tert-OH is 1. The van der Waals surface area contributed by atoms with Crippen molar-refractivity contribution in [2.24, 2.45) is 11.8 Å². The van der Waals surface area contributed by atoms with Gasteiger partial charge in [-0.05, 0) is 63.8 Å². The van der Waals surface area contributed by atoms with Gasteiger partial charge in [0, 0.05) is 44.7 Å². The number of nitrogens with zero attached hydrogens (tertiary/aromatic N) is 2. The van der Waals surface area contributed by atoms with Crippen LogP contribution in [0.15, 0.2) is 24.3 Å². The van der Waals surface area contributed by atoms with E-state index in [1.54, 1.807) is 7.05 Å². The Bertz CT molecular complexity index is 965. The monoisotopic (exact) mass is 486 g/mol. The normalized spacial score (nSPS) is 30.9. The second kappa shape index (κ2) is 9.78. The zero-order valence-electron chi connectivity index (χ0n) is 21.2. The average Bonchev–Trinajstić information content (AvgIpc) is 3.47. The first-order valence-corrected chi connectivity index (χ1v) is 12.8. The highest BCUT2D eigenvalue weighted by Gasteiger charge is 2.78. The van der Waals surface area contributed by atoms with Gasteiger partial charge in [-0.1, -0.05) is 6.92 Å². The van der Waals surface area contributed by atoms with E-state index in [-0.39, 0.29) is 30.9 Å². The molecule has 3 heterocycles. The zero-order chi connectivity index (χ0) is 25.4. The lowest BCUT2D eigenvalue weighted by Gasteiger charge is -2.33. The highest BCUT2D eigenvalue weighted by atomic mass is 16.5.